The fourth-order valence-electron chi connectivity index (χ4n) is 2.05. The lowest BCUT2D eigenvalue weighted by Gasteiger charge is -2.03. The smallest absolute Gasteiger partial charge is 0.258 e. The van der Waals surface area contributed by atoms with E-state index in [4.69, 9.17) is 10.3 Å². The molecule has 0 aliphatic heterocycles. The van der Waals surface area contributed by atoms with Crippen LogP contribution in [0.25, 0.3) is 22.8 Å². The molecule has 100 valence electrons. The lowest BCUT2D eigenvalue weighted by Crippen LogP contribution is -2.03. The van der Waals surface area contributed by atoms with Gasteiger partial charge in [-0.05, 0) is 36.7 Å². The monoisotopic (exact) mass is 266 g/mol. The Bertz CT molecular complexity index is 694. The summed E-state index contributed by atoms with van der Waals surface area (Å²) < 4.78 is 5.36. The number of aromatic nitrogens is 3. The maximum absolute atomic E-state index is 5.63. The normalized spacial score (nSPS) is 10.7. The van der Waals surface area contributed by atoms with E-state index in [1.165, 1.54) is 0 Å². The minimum atomic E-state index is 0.507. The third kappa shape index (κ3) is 2.44. The molecule has 0 radical (unpaired) electrons. The number of pyridine rings is 1. The number of nitrogens with two attached hydrogens (primary N) is 1. The van der Waals surface area contributed by atoms with Gasteiger partial charge in [0.1, 0.15) is 0 Å². The fourth-order valence-corrected chi connectivity index (χ4v) is 2.05. The van der Waals surface area contributed by atoms with Crippen molar-refractivity contribution in [3.63, 3.8) is 0 Å². The molecule has 0 aliphatic carbocycles. The highest BCUT2D eigenvalue weighted by Crippen LogP contribution is 2.24. The SMILES string of the molecule is NCCc1ccccc1-c1nc(-c2cccnc2)no1. The first-order valence-corrected chi connectivity index (χ1v) is 6.41. The summed E-state index contributed by atoms with van der Waals surface area (Å²) in [6.07, 6.45) is 4.20. The standard InChI is InChI=1S/C15H14N4O/c16-8-7-11-4-1-2-6-13(11)15-18-14(19-20-15)12-5-3-9-17-10-12/h1-6,9-10H,7-8,16H2. The average molecular weight is 266 g/mol. The van der Waals surface area contributed by atoms with Gasteiger partial charge in [0.15, 0.2) is 0 Å². The Morgan fingerprint density at radius 1 is 1.10 bits per heavy atom. The minimum Gasteiger partial charge on any atom is -0.334 e. The molecule has 5 nitrogen and oxygen atoms in total. The summed E-state index contributed by atoms with van der Waals surface area (Å²) in [6.45, 7) is 0.584. The second kappa shape index (κ2) is 5.63. The van der Waals surface area contributed by atoms with Crippen LogP contribution in [0.15, 0.2) is 53.3 Å². The molecule has 0 saturated heterocycles. The highest BCUT2D eigenvalue weighted by molar-refractivity contribution is 5.62. The van der Waals surface area contributed by atoms with Crippen LogP contribution in [0.1, 0.15) is 5.56 Å². The summed E-state index contributed by atoms with van der Waals surface area (Å²) in [5.74, 6) is 1.04. The molecular formula is C15H14N4O. The second-order valence-corrected chi connectivity index (χ2v) is 4.36. The molecule has 2 N–H and O–H groups in total. The highest BCUT2D eigenvalue weighted by Gasteiger charge is 2.13. The van der Waals surface area contributed by atoms with Crippen LogP contribution in [0.2, 0.25) is 0 Å². The third-order valence-corrected chi connectivity index (χ3v) is 3.01. The number of rotatable bonds is 4. The van der Waals surface area contributed by atoms with E-state index in [0.717, 1.165) is 23.1 Å². The van der Waals surface area contributed by atoms with Crippen molar-refractivity contribution in [3.05, 3.63) is 54.4 Å². The molecule has 3 aromatic rings. The molecule has 0 unspecified atom stereocenters. The summed E-state index contributed by atoms with van der Waals surface area (Å²) in [5, 5.41) is 4.01. The minimum absolute atomic E-state index is 0.507. The summed E-state index contributed by atoms with van der Waals surface area (Å²) in [7, 11) is 0. The molecule has 2 aromatic heterocycles. The van der Waals surface area contributed by atoms with Crippen LogP contribution in [0, 0.1) is 0 Å². The van der Waals surface area contributed by atoms with Gasteiger partial charge in [-0.3, -0.25) is 4.98 Å². The predicted molar refractivity (Wildman–Crippen MR) is 75.7 cm³/mol. The Morgan fingerprint density at radius 2 is 2.00 bits per heavy atom. The highest BCUT2D eigenvalue weighted by atomic mass is 16.5. The Kier molecular flexibility index (Phi) is 3.52. The van der Waals surface area contributed by atoms with Gasteiger partial charge < -0.3 is 10.3 Å². The van der Waals surface area contributed by atoms with Crippen LogP contribution in [-0.2, 0) is 6.42 Å². The molecular weight excluding hydrogens is 252 g/mol. The molecule has 0 saturated carbocycles. The van der Waals surface area contributed by atoms with Crippen LogP contribution in [-0.4, -0.2) is 21.7 Å². The van der Waals surface area contributed by atoms with Crippen LogP contribution in [0.5, 0.6) is 0 Å². The Labute approximate surface area is 116 Å². The van der Waals surface area contributed by atoms with Crippen molar-refractivity contribution in [1.82, 2.24) is 15.1 Å². The van der Waals surface area contributed by atoms with E-state index >= 15 is 0 Å². The summed E-state index contributed by atoms with van der Waals surface area (Å²) in [5.41, 5.74) is 8.50. The number of hydrogen-bond acceptors (Lipinski definition) is 5. The average Bonchev–Trinajstić information content (AvgIpc) is 2.99. The first kappa shape index (κ1) is 12.5. The lowest BCUT2D eigenvalue weighted by molar-refractivity contribution is 0.432. The fraction of sp³-hybridized carbons (Fsp3) is 0.133. The van der Waals surface area contributed by atoms with Crippen LogP contribution < -0.4 is 5.73 Å². The summed E-state index contributed by atoms with van der Waals surface area (Å²) >= 11 is 0. The topological polar surface area (TPSA) is 77.8 Å². The molecule has 0 bridgehead atoms. The molecule has 1 aromatic carbocycles. The van der Waals surface area contributed by atoms with Crippen LogP contribution >= 0.6 is 0 Å². The van der Waals surface area contributed by atoms with Gasteiger partial charge in [-0.25, -0.2) is 0 Å². The molecule has 0 aliphatic rings. The van der Waals surface area contributed by atoms with Crippen LogP contribution in [0.3, 0.4) is 0 Å². The molecule has 0 spiro atoms. The van der Waals surface area contributed by atoms with Crippen molar-refractivity contribution in [2.24, 2.45) is 5.73 Å². The number of benzene rings is 1. The Balaban J connectivity index is 1.98. The lowest BCUT2D eigenvalue weighted by atomic mass is 10.0. The van der Waals surface area contributed by atoms with Gasteiger partial charge in [-0.15, -0.1) is 0 Å². The van der Waals surface area contributed by atoms with Crippen molar-refractivity contribution in [2.45, 2.75) is 6.42 Å². The molecule has 3 rings (SSSR count). The summed E-state index contributed by atoms with van der Waals surface area (Å²) in [4.78, 5) is 8.49. The van der Waals surface area contributed by atoms with Crippen molar-refractivity contribution in [3.8, 4) is 22.8 Å². The van der Waals surface area contributed by atoms with Gasteiger partial charge in [0.25, 0.3) is 5.89 Å². The van der Waals surface area contributed by atoms with E-state index in [1.807, 2.05) is 36.4 Å². The number of nitrogens with zero attached hydrogens (tertiary/aromatic N) is 3. The van der Waals surface area contributed by atoms with Gasteiger partial charge >= 0.3 is 0 Å². The zero-order chi connectivity index (χ0) is 13.8. The van der Waals surface area contributed by atoms with Crippen molar-refractivity contribution < 1.29 is 4.52 Å². The Hall–Kier alpha value is -2.53. The maximum Gasteiger partial charge on any atom is 0.258 e. The second-order valence-electron chi connectivity index (χ2n) is 4.36. The van der Waals surface area contributed by atoms with E-state index in [9.17, 15) is 0 Å². The van der Waals surface area contributed by atoms with E-state index in [0.29, 0.717) is 18.3 Å². The van der Waals surface area contributed by atoms with Gasteiger partial charge in [0.05, 0.1) is 0 Å². The van der Waals surface area contributed by atoms with Gasteiger partial charge in [-0.1, -0.05) is 23.4 Å². The first-order chi connectivity index (χ1) is 9.88. The van der Waals surface area contributed by atoms with Gasteiger partial charge in [0.2, 0.25) is 5.82 Å². The third-order valence-electron chi connectivity index (χ3n) is 3.01. The maximum atomic E-state index is 5.63. The van der Waals surface area contributed by atoms with Crippen LogP contribution in [0.4, 0.5) is 0 Å². The molecule has 2 heterocycles. The van der Waals surface area contributed by atoms with Gasteiger partial charge in [-0.2, -0.15) is 4.98 Å². The zero-order valence-electron chi connectivity index (χ0n) is 10.9. The molecule has 20 heavy (non-hydrogen) atoms. The Morgan fingerprint density at radius 3 is 2.80 bits per heavy atom. The molecule has 0 amide bonds. The van der Waals surface area contributed by atoms with E-state index < -0.39 is 0 Å². The summed E-state index contributed by atoms with van der Waals surface area (Å²) in [6, 6.07) is 11.7. The molecule has 0 atom stereocenters. The van der Waals surface area contributed by atoms with E-state index in [1.54, 1.807) is 12.4 Å². The first-order valence-electron chi connectivity index (χ1n) is 6.41. The van der Waals surface area contributed by atoms with Gasteiger partial charge in [0, 0.05) is 23.5 Å². The molecule has 0 fully saturated rings. The van der Waals surface area contributed by atoms with Crippen molar-refractivity contribution >= 4 is 0 Å². The quantitative estimate of drug-likeness (QED) is 0.784. The van der Waals surface area contributed by atoms with Crippen molar-refractivity contribution in [1.29, 1.82) is 0 Å². The predicted octanol–water partition coefficient (Wildman–Crippen LogP) is 2.30. The molecule has 5 heteroatoms. The van der Waals surface area contributed by atoms with E-state index in [-0.39, 0.29) is 0 Å². The van der Waals surface area contributed by atoms with Crippen molar-refractivity contribution in [2.75, 3.05) is 6.54 Å². The zero-order valence-corrected chi connectivity index (χ0v) is 10.9. The number of hydrogen-bond donors (Lipinski definition) is 1. The van der Waals surface area contributed by atoms with E-state index in [2.05, 4.69) is 15.1 Å². The largest absolute Gasteiger partial charge is 0.334 e.